The molecule has 1 aliphatic rings. The van der Waals surface area contributed by atoms with Crippen LogP contribution in [0.5, 0.6) is 11.5 Å². The van der Waals surface area contributed by atoms with E-state index in [1.807, 2.05) is 0 Å². The van der Waals surface area contributed by atoms with Crippen LogP contribution in [-0.2, 0) is 6.18 Å². The highest BCUT2D eigenvalue weighted by molar-refractivity contribution is 6.00. The number of aromatic nitrogens is 3. The molecule has 3 aromatic rings. The van der Waals surface area contributed by atoms with Crippen molar-refractivity contribution < 1.29 is 27.4 Å². The van der Waals surface area contributed by atoms with Crippen molar-refractivity contribution in [3.63, 3.8) is 0 Å². The van der Waals surface area contributed by atoms with E-state index in [0.717, 1.165) is 25.1 Å². The number of halogens is 3. The second-order valence-corrected chi connectivity index (χ2v) is 6.89. The minimum atomic E-state index is -4.69. The Bertz CT molecular complexity index is 1100. The minimum Gasteiger partial charge on any atom is -0.493 e. The third kappa shape index (κ3) is 3.42. The Hall–Kier alpha value is -3.30. The molecule has 0 unspecified atom stereocenters. The van der Waals surface area contributed by atoms with E-state index in [-0.39, 0.29) is 22.8 Å². The largest absolute Gasteiger partial charge is 0.493 e. The highest BCUT2D eigenvalue weighted by atomic mass is 19.4. The van der Waals surface area contributed by atoms with Crippen molar-refractivity contribution in [2.45, 2.75) is 19.0 Å². The number of likely N-dealkylation sites (tertiary alicyclic amines) is 1. The summed E-state index contributed by atoms with van der Waals surface area (Å²) in [5, 5.41) is 3.82. The summed E-state index contributed by atoms with van der Waals surface area (Å²) < 4.78 is 52.4. The SMILES string of the molecule is COc1ccc(-c2cc(C(F)(F)F)n3ncc(C(=O)N4CCCC4)c3n2)cc1OC. The van der Waals surface area contributed by atoms with E-state index in [1.54, 1.807) is 17.0 Å². The van der Waals surface area contributed by atoms with Crippen LogP contribution in [0.2, 0.25) is 0 Å². The molecule has 0 bridgehead atoms. The Balaban J connectivity index is 1.90. The predicted octanol–water partition coefficient (Wildman–Crippen LogP) is 3.67. The molecule has 1 fully saturated rings. The molecule has 0 saturated carbocycles. The third-order valence-corrected chi connectivity index (χ3v) is 5.07. The van der Waals surface area contributed by atoms with Crippen molar-refractivity contribution in [2.75, 3.05) is 27.3 Å². The molecule has 10 heteroatoms. The zero-order valence-electron chi connectivity index (χ0n) is 16.4. The van der Waals surface area contributed by atoms with Crippen LogP contribution in [0.15, 0.2) is 30.5 Å². The van der Waals surface area contributed by atoms with Gasteiger partial charge < -0.3 is 14.4 Å². The number of nitrogens with zero attached hydrogens (tertiary/aromatic N) is 4. The van der Waals surface area contributed by atoms with Crippen molar-refractivity contribution in [1.29, 1.82) is 0 Å². The third-order valence-electron chi connectivity index (χ3n) is 5.07. The fourth-order valence-corrected chi connectivity index (χ4v) is 3.55. The molecular formula is C20H19F3N4O3. The molecular weight excluding hydrogens is 401 g/mol. The van der Waals surface area contributed by atoms with Crippen LogP contribution in [-0.4, -0.2) is 52.7 Å². The summed E-state index contributed by atoms with van der Waals surface area (Å²) in [4.78, 5) is 18.8. The van der Waals surface area contributed by atoms with Gasteiger partial charge in [-0.15, -0.1) is 0 Å². The van der Waals surface area contributed by atoms with Gasteiger partial charge in [-0.1, -0.05) is 0 Å². The van der Waals surface area contributed by atoms with Gasteiger partial charge in [0.2, 0.25) is 0 Å². The number of rotatable bonds is 4. The first-order chi connectivity index (χ1) is 14.3. The maximum Gasteiger partial charge on any atom is 0.433 e. The maximum atomic E-state index is 13.8. The van der Waals surface area contributed by atoms with E-state index in [0.29, 0.717) is 34.7 Å². The molecule has 30 heavy (non-hydrogen) atoms. The first-order valence-electron chi connectivity index (χ1n) is 9.31. The topological polar surface area (TPSA) is 69.0 Å². The molecule has 4 rings (SSSR count). The maximum absolute atomic E-state index is 13.8. The Morgan fingerprint density at radius 3 is 2.40 bits per heavy atom. The van der Waals surface area contributed by atoms with Crippen LogP contribution in [0.4, 0.5) is 13.2 Å². The number of carbonyl (C=O) groups excluding carboxylic acids is 1. The van der Waals surface area contributed by atoms with Gasteiger partial charge in [-0.05, 0) is 37.1 Å². The number of hydrogen-bond acceptors (Lipinski definition) is 5. The van der Waals surface area contributed by atoms with Crippen LogP contribution in [0.3, 0.4) is 0 Å². The number of alkyl halides is 3. The molecule has 0 atom stereocenters. The van der Waals surface area contributed by atoms with Crippen molar-refractivity contribution in [2.24, 2.45) is 0 Å². The van der Waals surface area contributed by atoms with Gasteiger partial charge in [0.15, 0.2) is 22.8 Å². The molecule has 1 amide bonds. The van der Waals surface area contributed by atoms with E-state index < -0.39 is 11.9 Å². The van der Waals surface area contributed by atoms with Gasteiger partial charge in [-0.2, -0.15) is 18.3 Å². The molecule has 0 radical (unpaired) electrons. The molecule has 7 nitrogen and oxygen atoms in total. The first-order valence-corrected chi connectivity index (χ1v) is 9.31. The summed E-state index contributed by atoms with van der Waals surface area (Å²) in [5.74, 6) is 0.423. The summed E-state index contributed by atoms with van der Waals surface area (Å²) in [6.07, 6.45) is -1.81. The van der Waals surface area contributed by atoms with Gasteiger partial charge in [-0.3, -0.25) is 4.79 Å². The molecule has 0 spiro atoms. The lowest BCUT2D eigenvalue weighted by atomic mass is 10.1. The quantitative estimate of drug-likeness (QED) is 0.644. The summed E-state index contributed by atoms with van der Waals surface area (Å²) in [7, 11) is 2.90. The Morgan fingerprint density at radius 1 is 1.07 bits per heavy atom. The van der Waals surface area contributed by atoms with Gasteiger partial charge in [0.25, 0.3) is 5.91 Å². The average Bonchev–Trinajstić information content (AvgIpc) is 3.41. The number of benzene rings is 1. The van der Waals surface area contributed by atoms with Crippen molar-refractivity contribution in [3.05, 3.63) is 41.7 Å². The van der Waals surface area contributed by atoms with Crippen LogP contribution >= 0.6 is 0 Å². The van der Waals surface area contributed by atoms with Crippen LogP contribution < -0.4 is 9.47 Å². The summed E-state index contributed by atoms with van der Waals surface area (Å²) >= 11 is 0. The van der Waals surface area contributed by atoms with Crippen molar-refractivity contribution >= 4 is 11.6 Å². The molecule has 1 aromatic carbocycles. The molecule has 1 aliphatic heterocycles. The number of amides is 1. The highest BCUT2D eigenvalue weighted by Crippen LogP contribution is 2.36. The number of methoxy groups -OCH3 is 2. The van der Waals surface area contributed by atoms with Crippen molar-refractivity contribution in [3.8, 4) is 22.8 Å². The van der Waals surface area contributed by atoms with E-state index in [4.69, 9.17) is 9.47 Å². The number of ether oxygens (including phenoxy) is 2. The van der Waals surface area contributed by atoms with Crippen LogP contribution in [0.25, 0.3) is 16.9 Å². The van der Waals surface area contributed by atoms with Crippen molar-refractivity contribution in [1.82, 2.24) is 19.5 Å². The lowest BCUT2D eigenvalue weighted by Gasteiger charge is -2.15. The van der Waals surface area contributed by atoms with Crippen LogP contribution in [0.1, 0.15) is 28.9 Å². The normalized spacial score (nSPS) is 14.4. The average molecular weight is 420 g/mol. The van der Waals surface area contributed by atoms with E-state index in [1.165, 1.54) is 20.3 Å². The molecule has 1 saturated heterocycles. The lowest BCUT2D eigenvalue weighted by molar-refractivity contribution is -0.142. The predicted molar refractivity (Wildman–Crippen MR) is 102 cm³/mol. The van der Waals surface area contributed by atoms with Gasteiger partial charge in [0.05, 0.1) is 26.1 Å². The summed E-state index contributed by atoms with van der Waals surface area (Å²) in [6.45, 7) is 1.13. The standard InChI is InChI=1S/C20H19F3N4O3/c1-29-15-6-5-12(9-16(15)30-2)14-10-17(20(21,22)23)27-18(25-14)13(11-24-27)19(28)26-7-3-4-8-26/h5-6,9-11H,3-4,7-8H2,1-2H3. The number of fused-ring (bicyclic) bond motifs is 1. The smallest absolute Gasteiger partial charge is 0.433 e. The first kappa shape index (κ1) is 20.0. The van der Waals surface area contributed by atoms with Crippen LogP contribution in [0, 0.1) is 0 Å². The molecule has 0 aliphatic carbocycles. The fourth-order valence-electron chi connectivity index (χ4n) is 3.55. The summed E-state index contributed by atoms with van der Waals surface area (Å²) in [5.41, 5.74) is -0.665. The zero-order valence-corrected chi connectivity index (χ0v) is 16.4. The fraction of sp³-hybridized carbons (Fsp3) is 0.350. The van der Waals surface area contributed by atoms with Gasteiger partial charge in [0.1, 0.15) is 5.56 Å². The second kappa shape index (κ2) is 7.51. The molecule has 2 aromatic heterocycles. The zero-order chi connectivity index (χ0) is 21.5. The highest BCUT2D eigenvalue weighted by Gasteiger charge is 2.36. The Morgan fingerprint density at radius 2 is 1.77 bits per heavy atom. The Labute approximate surface area is 170 Å². The molecule has 0 N–H and O–H groups in total. The lowest BCUT2D eigenvalue weighted by Crippen LogP contribution is -2.27. The second-order valence-electron chi connectivity index (χ2n) is 6.89. The Kier molecular flexibility index (Phi) is 5.00. The van der Waals surface area contributed by atoms with Gasteiger partial charge in [0, 0.05) is 18.7 Å². The van der Waals surface area contributed by atoms with Gasteiger partial charge >= 0.3 is 6.18 Å². The minimum absolute atomic E-state index is 0.0460. The van der Waals surface area contributed by atoms with E-state index in [2.05, 4.69) is 10.1 Å². The van der Waals surface area contributed by atoms with E-state index >= 15 is 0 Å². The molecule has 3 heterocycles. The monoisotopic (exact) mass is 420 g/mol. The number of carbonyl (C=O) groups is 1. The number of hydrogen-bond donors (Lipinski definition) is 0. The van der Waals surface area contributed by atoms with E-state index in [9.17, 15) is 18.0 Å². The molecule has 158 valence electrons. The van der Waals surface area contributed by atoms with Gasteiger partial charge in [-0.25, -0.2) is 9.50 Å². The summed E-state index contributed by atoms with van der Waals surface area (Å²) in [6, 6.07) is 5.61.